The highest BCUT2D eigenvalue weighted by Crippen LogP contribution is 2.24. The summed E-state index contributed by atoms with van der Waals surface area (Å²) in [6.07, 6.45) is 5.45. The number of nitrogens with zero attached hydrogens (tertiary/aromatic N) is 3. The molecule has 2 heterocycles. The maximum atomic E-state index is 9.41. The van der Waals surface area contributed by atoms with Crippen molar-refractivity contribution in [2.75, 3.05) is 14.2 Å². The highest BCUT2D eigenvalue weighted by Gasteiger charge is 2.08. The molecule has 0 saturated heterocycles. The Labute approximate surface area is 140 Å². The van der Waals surface area contributed by atoms with Gasteiger partial charge in [0, 0.05) is 29.1 Å². The molecule has 0 amide bonds. The second-order valence-corrected chi connectivity index (χ2v) is 5.33. The van der Waals surface area contributed by atoms with E-state index in [1.54, 1.807) is 19.5 Å². The van der Waals surface area contributed by atoms with E-state index in [0.29, 0.717) is 18.0 Å². The van der Waals surface area contributed by atoms with Gasteiger partial charge in [-0.15, -0.1) is 0 Å². The van der Waals surface area contributed by atoms with Crippen molar-refractivity contribution in [3.05, 3.63) is 60.0 Å². The first kappa shape index (κ1) is 16.0. The van der Waals surface area contributed by atoms with Crippen LogP contribution in [0.25, 0.3) is 11.1 Å². The highest BCUT2D eigenvalue weighted by molar-refractivity contribution is 5.62. The van der Waals surface area contributed by atoms with Crippen molar-refractivity contribution in [3.8, 4) is 22.8 Å². The van der Waals surface area contributed by atoms with Crippen LogP contribution in [0, 0.1) is 0 Å². The molecule has 0 aliphatic carbocycles. The zero-order chi connectivity index (χ0) is 16.9. The Morgan fingerprint density at radius 1 is 1.04 bits per heavy atom. The number of rotatable bonds is 6. The summed E-state index contributed by atoms with van der Waals surface area (Å²) < 4.78 is 12.2. The van der Waals surface area contributed by atoms with Crippen LogP contribution in [-0.2, 0) is 13.2 Å². The topological polar surface area (TPSA) is 69.4 Å². The Bertz CT molecular complexity index is 813. The molecular weight excluding hydrogens is 306 g/mol. The molecule has 0 fully saturated rings. The molecule has 1 N–H and O–H groups in total. The van der Waals surface area contributed by atoms with Gasteiger partial charge in [-0.2, -0.15) is 5.10 Å². The molecule has 0 saturated carbocycles. The number of ether oxygens (including phenoxy) is 2. The Kier molecular flexibility index (Phi) is 4.77. The van der Waals surface area contributed by atoms with Crippen LogP contribution in [0.15, 0.2) is 48.9 Å². The Morgan fingerprint density at radius 2 is 1.83 bits per heavy atom. The minimum atomic E-state index is -0.121. The van der Waals surface area contributed by atoms with Crippen LogP contribution >= 0.6 is 0 Å². The van der Waals surface area contributed by atoms with Crippen LogP contribution in [0.4, 0.5) is 0 Å². The molecular formula is C18H19N3O3. The largest absolute Gasteiger partial charge is 0.497 e. The zero-order valence-corrected chi connectivity index (χ0v) is 13.6. The fourth-order valence-electron chi connectivity index (χ4n) is 2.47. The summed E-state index contributed by atoms with van der Waals surface area (Å²) in [5.74, 6) is 1.27. The number of hydrogen-bond donors (Lipinski definition) is 1. The number of pyridine rings is 1. The Morgan fingerprint density at radius 3 is 2.50 bits per heavy atom. The average Bonchev–Trinajstić information content (AvgIpc) is 3.10. The Hall–Kier alpha value is -2.86. The van der Waals surface area contributed by atoms with Gasteiger partial charge in [-0.3, -0.25) is 4.68 Å². The van der Waals surface area contributed by atoms with E-state index in [1.165, 1.54) is 7.11 Å². The van der Waals surface area contributed by atoms with Crippen LogP contribution in [0.2, 0.25) is 0 Å². The van der Waals surface area contributed by atoms with E-state index in [2.05, 4.69) is 10.1 Å². The fourth-order valence-corrected chi connectivity index (χ4v) is 2.47. The summed E-state index contributed by atoms with van der Waals surface area (Å²) in [6.45, 7) is 0.546. The Balaban J connectivity index is 1.79. The standard InChI is InChI=1S/C18H19N3O3/c1-23-17-5-3-13(4-6-17)10-21-11-16(9-20-21)14-7-15(12-22)18(24-2)19-8-14/h3-9,11,22H,10,12H2,1-2H3. The lowest BCUT2D eigenvalue weighted by Crippen LogP contribution is -1.99. The van der Waals surface area contributed by atoms with Crippen LogP contribution in [0.3, 0.4) is 0 Å². The first-order valence-corrected chi connectivity index (χ1v) is 7.53. The minimum Gasteiger partial charge on any atom is -0.497 e. The third kappa shape index (κ3) is 3.38. The number of hydrogen-bond acceptors (Lipinski definition) is 5. The van der Waals surface area contributed by atoms with Crippen LogP contribution in [-0.4, -0.2) is 34.1 Å². The number of methoxy groups -OCH3 is 2. The van der Waals surface area contributed by atoms with Gasteiger partial charge in [-0.25, -0.2) is 4.98 Å². The fraction of sp³-hybridized carbons (Fsp3) is 0.222. The first-order chi connectivity index (χ1) is 11.7. The first-order valence-electron chi connectivity index (χ1n) is 7.53. The lowest BCUT2D eigenvalue weighted by Gasteiger charge is -2.06. The van der Waals surface area contributed by atoms with Crippen LogP contribution in [0.5, 0.6) is 11.6 Å². The molecule has 3 aromatic rings. The molecule has 24 heavy (non-hydrogen) atoms. The van der Waals surface area contributed by atoms with E-state index in [1.807, 2.05) is 41.2 Å². The zero-order valence-electron chi connectivity index (χ0n) is 13.6. The van der Waals surface area contributed by atoms with E-state index >= 15 is 0 Å². The van der Waals surface area contributed by atoms with Gasteiger partial charge in [0.1, 0.15) is 5.75 Å². The molecule has 6 nitrogen and oxygen atoms in total. The smallest absolute Gasteiger partial charge is 0.218 e. The van der Waals surface area contributed by atoms with E-state index in [-0.39, 0.29) is 6.61 Å². The van der Waals surface area contributed by atoms with Crippen molar-refractivity contribution < 1.29 is 14.6 Å². The van der Waals surface area contributed by atoms with Gasteiger partial charge < -0.3 is 14.6 Å². The van der Waals surface area contributed by atoms with E-state index < -0.39 is 0 Å². The summed E-state index contributed by atoms with van der Waals surface area (Å²) >= 11 is 0. The monoisotopic (exact) mass is 325 g/mol. The molecule has 124 valence electrons. The maximum Gasteiger partial charge on any atom is 0.218 e. The highest BCUT2D eigenvalue weighted by atomic mass is 16.5. The molecule has 0 bridgehead atoms. The molecule has 0 aliphatic rings. The molecule has 0 spiro atoms. The number of aliphatic hydroxyl groups is 1. The van der Waals surface area contributed by atoms with Crippen molar-refractivity contribution >= 4 is 0 Å². The summed E-state index contributed by atoms with van der Waals surface area (Å²) in [5, 5.41) is 13.8. The molecule has 2 aromatic heterocycles. The average molecular weight is 325 g/mol. The molecule has 0 radical (unpaired) electrons. The lowest BCUT2D eigenvalue weighted by molar-refractivity contribution is 0.271. The quantitative estimate of drug-likeness (QED) is 0.754. The summed E-state index contributed by atoms with van der Waals surface area (Å²) in [7, 11) is 3.19. The predicted octanol–water partition coefficient (Wildman–Crippen LogP) is 2.50. The number of aromatic nitrogens is 3. The normalized spacial score (nSPS) is 10.6. The van der Waals surface area contributed by atoms with Crippen molar-refractivity contribution in [1.29, 1.82) is 0 Å². The van der Waals surface area contributed by atoms with E-state index in [9.17, 15) is 5.11 Å². The SMILES string of the molecule is COc1ccc(Cn2cc(-c3cnc(OC)c(CO)c3)cn2)cc1. The number of aliphatic hydroxyl groups excluding tert-OH is 1. The molecule has 3 rings (SSSR count). The molecule has 0 aliphatic heterocycles. The molecule has 6 heteroatoms. The van der Waals surface area contributed by atoms with Crippen molar-refractivity contribution in [3.63, 3.8) is 0 Å². The summed E-state index contributed by atoms with van der Waals surface area (Å²) in [5.41, 5.74) is 3.61. The molecule has 1 aromatic carbocycles. The molecule has 0 unspecified atom stereocenters. The third-order valence-electron chi connectivity index (χ3n) is 3.76. The minimum absolute atomic E-state index is 0.121. The van der Waals surface area contributed by atoms with E-state index in [0.717, 1.165) is 22.4 Å². The maximum absolute atomic E-state index is 9.41. The lowest BCUT2D eigenvalue weighted by atomic mass is 10.1. The van der Waals surface area contributed by atoms with Crippen molar-refractivity contribution in [1.82, 2.24) is 14.8 Å². The summed E-state index contributed by atoms with van der Waals surface area (Å²) in [4.78, 5) is 4.22. The second-order valence-electron chi connectivity index (χ2n) is 5.33. The number of benzene rings is 1. The van der Waals surface area contributed by atoms with Crippen molar-refractivity contribution in [2.45, 2.75) is 13.2 Å². The van der Waals surface area contributed by atoms with Gasteiger partial charge in [-0.1, -0.05) is 12.1 Å². The van der Waals surface area contributed by atoms with Gasteiger partial charge in [0.2, 0.25) is 5.88 Å². The predicted molar refractivity (Wildman–Crippen MR) is 90.0 cm³/mol. The van der Waals surface area contributed by atoms with Gasteiger partial charge in [0.25, 0.3) is 0 Å². The van der Waals surface area contributed by atoms with Crippen LogP contribution < -0.4 is 9.47 Å². The van der Waals surface area contributed by atoms with Crippen molar-refractivity contribution in [2.24, 2.45) is 0 Å². The molecule has 0 atom stereocenters. The van der Waals surface area contributed by atoms with Gasteiger partial charge >= 0.3 is 0 Å². The van der Waals surface area contributed by atoms with Gasteiger partial charge in [-0.05, 0) is 23.8 Å². The summed E-state index contributed by atoms with van der Waals surface area (Å²) in [6, 6.07) is 9.75. The van der Waals surface area contributed by atoms with E-state index in [4.69, 9.17) is 9.47 Å². The van der Waals surface area contributed by atoms with Gasteiger partial charge in [0.05, 0.1) is 33.6 Å². The van der Waals surface area contributed by atoms with Crippen LogP contribution in [0.1, 0.15) is 11.1 Å². The second kappa shape index (κ2) is 7.14. The van der Waals surface area contributed by atoms with Gasteiger partial charge in [0.15, 0.2) is 0 Å². The third-order valence-corrected chi connectivity index (χ3v) is 3.76.